The van der Waals surface area contributed by atoms with Crippen LogP contribution in [0.4, 0.5) is 0 Å². The normalized spacial score (nSPS) is 21.8. The molecule has 1 heterocycles. The monoisotopic (exact) mass is 296 g/mol. The van der Waals surface area contributed by atoms with Gasteiger partial charge >= 0.3 is 0 Å². The zero-order chi connectivity index (χ0) is 15.7. The van der Waals surface area contributed by atoms with Crippen LogP contribution in [0, 0.1) is 11.8 Å². The van der Waals surface area contributed by atoms with Crippen LogP contribution in [-0.4, -0.2) is 49.6 Å². The van der Waals surface area contributed by atoms with Crippen molar-refractivity contribution in [2.75, 3.05) is 32.7 Å². The summed E-state index contributed by atoms with van der Waals surface area (Å²) in [6.45, 7) is 16.7. The first-order valence-corrected chi connectivity index (χ1v) is 8.82. The van der Waals surface area contributed by atoms with Gasteiger partial charge in [-0.25, -0.2) is 0 Å². The van der Waals surface area contributed by atoms with Gasteiger partial charge in [0.25, 0.3) is 0 Å². The fourth-order valence-electron chi connectivity index (χ4n) is 2.78. The number of hydrogen-bond donors (Lipinski definition) is 2. The molecule has 0 saturated carbocycles. The number of rotatable bonds is 8. The fourth-order valence-corrected chi connectivity index (χ4v) is 2.78. The standard InChI is InChI=1S/C17H36N4/c1-6-18-17(20-15(5)9-8-14(3)4)19-12-16-10-11-21(7-2)13-16/h14-16H,6-13H2,1-5H3,(H2,18,19,20). The molecule has 1 saturated heterocycles. The molecule has 0 aromatic rings. The molecule has 4 nitrogen and oxygen atoms in total. The second-order valence-corrected chi connectivity index (χ2v) is 6.78. The molecular formula is C17H36N4. The molecule has 0 amide bonds. The van der Waals surface area contributed by atoms with E-state index in [0.29, 0.717) is 6.04 Å². The zero-order valence-corrected chi connectivity index (χ0v) is 14.8. The van der Waals surface area contributed by atoms with Crippen molar-refractivity contribution in [2.45, 2.75) is 59.9 Å². The lowest BCUT2D eigenvalue weighted by Crippen LogP contribution is -2.42. The van der Waals surface area contributed by atoms with Crippen molar-refractivity contribution in [3.8, 4) is 0 Å². The first-order chi connectivity index (χ1) is 10.0. The first kappa shape index (κ1) is 18.3. The SMILES string of the molecule is CCNC(=NCC1CCN(CC)C1)NC(C)CCC(C)C. The van der Waals surface area contributed by atoms with E-state index < -0.39 is 0 Å². The van der Waals surface area contributed by atoms with Crippen LogP contribution in [-0.2, 0) is 0 Å². The van der Waals surface area contributed by atoms with Gasteiger partial charge in [-0.3, -0.25) is 4.99 Å². The van der Waals surface area contributed by atoms with E-state index >= 15 is 0 Å². The Balaban J connectivity index is 2.38. The molecule has 1 fully saturated rings. The van der Waals surface area contributed by atoms with Crippen molar-refractivity contribution in [3.63, 3.8) is 0 Å². The van der Waals surface area contributed by atoms with Crippen molar-refractivity contribution in [3.05, 3.63) is 0 Å². The summed E-state index contributed by atoms with van der Waals surface area (Å²) < 4.78 is 0. The van der Waals surface area contributed by atoms with Crippen LogP contribution in [0.5, 0.6) is 0 Å². The molecule has 1 rings (SSSR count). The minimum atomic E-state index is 0.487. The quantitative estimate of drug-likeness (QED) is 0.534. The summed E-state index contributed by atoms with van der Waals surface area (Å²) in [6, 6.07) is 0.487. The lowest BCUT2D eigenvalue weighted by Gasteiger charge is -2.19. The molecule has 2 atom stereocenters. The molecule has 124 valence electrons. The number of likely N-dealkylation sites (tertiary alicyclic amines) is 1. The van der Waals surface area contributed by atoms with E-state index in [0.717, 1.165) is 30.9 Å². The van der Waals surface area contributed by atoms with Crippen LogP contribution in [0.25, 0.3) is 0 Å². The van der Waals surface area contributed by atoms with Crippen molar-refractivity contribution >= 4 is 5.96 Å². The van der Waals surface area contributed by atoms with Crippen LogP contribution >= 0.6 is 0 Å². The van der Waals surface area contributed by atoms with Crippen LogP contribution in [0.1, 0.15) is 53.9 Å². The Kier molecular flexibility index (Phi) is 8.74. The molecule has 0 bridgehead atoms. The maximum Gasteiger partial charge on any atom is 0.191 e. The van der Waals surface area contributed by atoms with E-state index in [4.69, 9.17) is 4.99 Å². The van der Waals surface area contributed by atoms with Crippen molar-refractivity contribution in [1.82, 2.24) is 15.5 Å². The summed E-state index contributed by atoms with van der Waals surface area (Å²) in [6.07, 6.45) is 3.76. The van der Waals surface area contributed by atoms with E-state index in [1.54, 1.807) is 0 Å². The van der Waals surface area contributed by atoms with Gasteiger partial charge in [-0.15, -0.1) is 0 Å². The predicted molar refractivity (Wildman–Crippen MR) is 92.9 cm³/mol. The van der Waals surface area contributed by atoms with E-state index in [2.05, 4.69) is 50.2 Å². The molecule has 0 aromatic carbocycles. The number of hydrogen-bond acceptors (Lipinski definition) is 2. The first-order valence-electron chi connectivity index (χ1n) is 8.82. The molecule has 0 radical (unpaired) electrons. The number of nitrogens with one attached hydrogen (secondary N) is 2. The maximum absolute atomic E-state index is 4.80. The Morgan fingerprint density at radius 1 is 1.24 bits per heavy atom. The highest BCUT2D eigenvalue weighted by Gasteiger charge is 2.20. The molecule has 21 heavy (non-hydrogen) atoms. The zero-order valence-electron chi connectivity index (χ0n) is 14.8. The highest BCUT2D eigenvalue weighted by molar-refractivity contribution is 5.80. The average Bonchev–Trinajstić information content (AvgIpc) is 2.91. The van der Waals surface area contributed by atoms with Gasteiger partial charge < -0.3 is 15.5 Å². The summed E-state index contributed by atoms with van der Waals surface area (Å²) in [4.78, 5) is 7.32. The van der Waals surface area contributed by atoms with Gasteiger partial charge in [0.15, 0.2) is 5.96 Å². The van der Waals surface area contributed by atoms with Crippen LogP contribution < -0.4 is 10.6 Å². The summed E-state index contributed by atoms with van der Waals surface area (Å²) in [5, 5.41) is 6.92. The largest absolute Gasteiger partial charge is 0.357 e. The Morgan fingerprint density at radius 3 is 2.57 bits per heavy atom. The predicted octanol–water partition coefficient (Wildman–Crippen LogP) is 2.71. The molecule has 1 aliphatic rings. The summed E-state index contributed by atoms with van der Waals surface area (Å²) in [5.74, 6) is 2.49. The third-order valence-electron chi connectivity index (χ3n) is 4.23. The maximum atomic E-state index is 4.80. The highest BCUT2D eigenvalue weighted by atomic mass is 15.2. The molecule has 2 N–H and O–H groups in total. The van der Waals surface area contributed by atoms with Crippen molar-refractivity contribution in [2.24, 2.45) is 16.8 Å². The molecule has 0 spiro atoms. The molecule has 1 aliphatic heterocycles. The van der Waals surface area contributed by atoms with Crippen molar-refractivity contribution < 1.29 is 0 Å². The van der Waals surface area contributed by atoms with Crippen LogP contribution in [0.15, 0.2) is 4.99 Å². The molecule has 0 aromatic heterocycles. The Hall–Kier alpha value is -0.770. The topological polar surface area (TPSA) is 39.7 Å². The van der Waals surface area contributed by atoms with Gasteiger partial charge in [0.1, 0.15) is 0 Å². The third-order valence-corrected chi connectivity index (χ3v) is 4.23. The number of nitrogens with zero attached hydrogens (tertiary/aromatic N) is 2. The second kappa shape index (κ2) is 10.0. The molecule has 2 unspecified atom stereocenters. The van der Waals surface area contributed by atoms with E-state index in [9.17, 15) is 0 Å². The molecular weight excluding hydrogens is 260 g/mol. The smallest absolute Gasteiger partial charge is 0.191 e. The summed E-state index contributed by atoms with van der Waals surface area (Å²) in [5.41, 5.74) is 0. The fraction of sp³-hybridized carbons (Fsp3) is 0.941. The van der Waals surface area contributed by atoms with Gasteiger partial charge in [-0.05, 0) is 58.0 Å². The average molecular weight is 297 g/mol. The Morgan fingerprint density at radius 2 is 2.00 bits per heavy atom. The van der Waals surface area contributed by atoms with Crippen LogP contribution in [0.2, 0.25) is 0 Å². The van der Waals surface area contributed by atoms with Gasteiger partial charge in [-0.2, -0.15) is 0 Å². The Bertz CT molecular complexity index is 301. The number of guanidine groups is 1. The third kappa shape index (κ3) is 7.70. The Labute approximate surface area is 131 Å². The van der Waals surface area contributed by atoms with Gasteiger partial charge in [0, 0.05) is 25.7 Å². The van der Waals surface area contributed by atoms with Crippen LogP contribution in [0.3, 0.4) is 0 Å². The van der Waals surface area contributed by atoms with Gasteiger partial charge in [-0.1, -0.05) is 20.8 Å². The highest BCUT2D eigenvalue weighted by Crippen LogP contribution is 2.15. The summed E-state index contributed by atoms with van der Waals surface area (Å²) >= 11 is 0. The minimum absolute atomic E-state index is 0.487. The minimum Gasteiger partial charge on any atom is -0.357 e. The van der Waals surface area contributed by atoms with Crippen molar-refractivity contribution in [1.29, 1.82) is 0 Å². The van der Waals surface area contributed by atoms with Gasteiger partial charge in [0.05, 0.1) is 0 Å². The summed E-state index contributed by atoms with van der Waals surface area (Å²) in [7, 11) is 0. The van der Waals surface area contributed by atoms with E-state index in [1.807, 2.05) is 0 Å². The number of aliphatic imine (C=N–C) groups is 1. The lowest BCUT2D eigenvalue weighted by molar-refractivity contribution is 0.343. The molecule has 4 heteroatoms. The van der Waals surface area contributed by atoms with E-state index in [-0.39, 0.29) is 0 Å². The van der Waals surface area contributed by atoms with E-state index in [1.165, 1.54) is 38.9 Å². The van der Waals surface area contributed by atoms with Gasteiger partial charge in [0.2, 0.25) is 0 Å². The lowest BCUT2D eigenvalue weighted by atomic mass is 10.0. The molecule has 0 aliphatic carbocycles. The second-order valence-electron chi connectivity index (χ2n) is 6.78.